The molecule has 9 heteroatoms. The number of rotatable bonds is 9. The van der Waals surface area contributed by atoms with E-state index in [1.807, 2.05) is 27.4 Å². The summed E-state index contributed by atoms with van der Waals surface area (Å²) >= 11 is 0. The molecule has 0 bridgehead atoms. The Kier molecular flexibility index (Phi) is 6.40. The molecule has 0 amide bonds. The van der Waals surface area contributed by atoms with Crippen molar-refractivity contribution in [3.05, 3.63) is 59.3 Å². The summed E-state index contributed by atoms with van der Waals surface area (Å²) in [6, 6.07) is 13.9. The average Bonchev–Trinajstić information content (AvgIpc) is 3.57. The van der Waals surface area contributed by atoms with Gasteiger partial charge in [0.1, 0.15) is 17.6 Å². The number of unbranched alkanes of at least 4 members (excludes halogenated alkanes) is 1. The van der Waals surface area contributed by atoms with Crippen molar-refractivity contribution >= 4 is 0 Å². The number of tetrazole rings is 1. The van der Waals surface area contributed by atoms with Crippen molar-refractivity contribution < 1.29 is 0 Å². The van der Waals surface area contributed by atoms with Gasteiger partial charge in [0.15, 0.2) is 5.82 Å². The van der Waals surface area contributed by atoms with Crippen LogP contribution in [-0.4, -0.2) is 40.0 Å². The second-order valence-electron chi connectivity index (χ2n) is 7.91. The molecule has 4 aromatic rings. The number of nitriles is 1. The summed E-state index contributed by atoms with van der Waals surface area (Å²) in [5.74, 6) is 2.76. The number of aromatic nitrogens is 8. The zero-order chi connectivity index (χ0) is 22.5. The maximum atomic E-state index is 9.56. The van der Waals surface area contributed by atoms with Crippen LogP contribution in [0.1, 0.15) is 68.9 Å². The van der Waals surface area contributed by atoms with Crippen molar-refractivity contribution in [3.63, 3.8) is 0 Å². The van der Waals surface area contributed by atoms with Gasteiger partial charge >= 0.3 is 0 Å². The number of aromatic amines is 1. The van der Waals surface area contributed by atoms with E-state index in [1.165, 1.54) is 0 Å². The molecule has 0 radical (unpaired) electrons. The van der Waals surface area contributed by atoms with Crippen molar-refractivity contribution in [1.82, 2.24) is 40.0 Å². The van der Waals surface area contributed by atoms with E-state index in [9.17, 15) is 5.26 Å². The van der Waals surface area contributed by atoms with Crippen molar-refractivity contribution in [2.75, 3.05) is 0 Å². The van der Waals surface area contributed by atoms with E-state index < -0.39 is 0 Å². The minimum absolute atomic E-state index is 0.348. The van der Waals surface area contributed by atoms with Crippen LogP contribution in [-0.2, 0) is 13.0 Å². The fourth-order valence-electron chi connectivity index (χ4n) is 3.60. The summed E-state index contributed by atoms with van der Waals surface area (Å²) in [6.07, 6.45) is 4.18. The molecule has 9 nitrogen and oxygen atoms in total. The first kappa shape index (κ1) is 21.4. The van der Waals surface area contributed by atoms with E-state index in [-0.39, 0.29) is 0 Å². The minimum Gasteiger partial charge on any atom is -0.298 e. The molecule has 32 heavy (non-hydrogen) atoms. The molecule has 164 valence electrons. The first-order chi connectivity index (χ1) is 15.6. The van der Waals surface area contributed by atoms with Gasteiger partial charge in [0.05, 0.1) is 12.2 Å². The van der Waals surface area contributed by atoms with Crippen molar-refractivity contribution in [3.8, 4) is 23.3 Å². The van der Waals surface area contributed by atoms with Gasteiger partial charge in [-0.3, -0.25) is 4.57 Å². The lowest BCUT2D eigenvalue weighted by Gasteiger charge is -2.10. The summed E-state index contributed by atoms with van der Waals surface area (Å²) in [5, 5.41) is 28.6. The van der Waals surface area contributed by atoms with Crippen molar-refractivity contribution in [2.24, 2.45) is 0 Å². The summed E-state index contributed by atoms with van der Waals surface area (Å²) in [7, 11) is 0. The van der Waals surface area contributed by atoms with Crippen LogP contribution >= 0.6 is 0 Å². The van der Waals surface area contributed by atoms with Crippen LogP contribution in [0, 0.1) is 11.3 Å². The first-order valence-corrected chi connectivity index (χ1v) is 11.0. The average molecular weight is 430 g/mol. The SMILES string of the molecule is CCCCc1nc(C(C)CC)nn1Cc1ccc(-n2c(C#N)ccc2-c2nn[nH]n2)cc1. The highest BCUT2D eigenvalue weighted by Gasteiger charge is 2.16. The molecule has 1 aromatic carbocycles. The Bertz CT molecular complexity index is 1190. The van der Waals surface area contributed by atoms with E-state index in [0.717, 1.165) is 48.6 Å². The van der Waals surface area contributed by atoms with E-state index in [0.29, 0.717) is 29.7 Å². The number of benzene rings is 1. The summed E-state index contributed by atoms with van der Waals surface area (Å²) in [6.45, 7) is 7.18. The van der Waals surface area contributed by atoms with Crippen LogP contribution in [0.4, 0.5) is 0 Å². The van der Waals surface area contributed by atoms with Gasteiger partial charge in [-0.05, 0) is 47.9 Å². The number of nitrogens with zero attached hydrogens (tertiary/aromatic N) is 8. The first-order valence-electron chi connectivity index (χ1n) is 11.0. The third-order valence-corrected chi connectivity index (χ3v) is 5.67. The van der Waals surface area contributed by atoms with Gasteiger partial charge in [0.25, 0.3) is 0 Å². The smallest absolute Gasteiger partial charge is 0.221 e. The number of nitrogens with one attached hydrogen (secondary N) is 1. The molecule has 1 unspecified atom stereocenters. The Morgan fingerprint density at radius 1 is 1.12 bits per heavy atom. The molecule has 0 saturated carbocycles. The lowest BCUT2D eigenvalue weighted by molar-refractivity contribution is 0.602. The van der Waals surface area contributed by atoms with E-state index in [4.69, 9.17) is 10.1 Å². The fraction of sp³-hybridized carbons (Fsp3) is 0.391. The van der Waals surface area contributed by atoms with E-state index in [1.54, 1.807) is 6.07 Å². The van der Waals surface area contributed by atoms with Crippen LogP contribution < -0.4 is 0 Å². The highest BCUT2D eigenvalue weighted by atomic mass is 15.5. The molecule has 0 saturated heterocycles. The monoisotopic (exact) mass is 429 g/mol. The lowest BCUT2D eigenvalue weighted by atomic mass is 10.1. The maximum absolute atomic E-state index is 9.56. The number of H-pyrrole nitrogens is 1. The number of hydrogen-bond acceptors (Lipinski definition) is 6. The highest BCUT2D eigenvalue weighted by Crippen LogP contribution is 2.24. The maximum Gasteiger partial charge on any atom is 0.221 e. The molecule has 3 heterocycles. The normalized spacial score (nSPS) is 12.1. The number of hydrogen-bond donors (Lipinski definition) is 1. The molecular formula is C23H27N9. The molecule has 0 spiro atoms. The zero-order valence-corrected chi connectivity index (χ0v) is 18.7. The third-order valence-electron chi connectivity index (χ3n) is 5.67. The Morgan fingerprint density at radius 2 is 1.94 bits per heavy atom. The predicted molar refractivity (Wildman–Crippen MR) is 120 cm³/mol. The number of aryl methyl sites for hydroxylation is 1. The summed E-state index contributed by atoms with van der Waals surface area (Å²) in [4.78, 5) is 4.82. The van der Waals surface area contributed by atoms with Gasteiger partial charge in [-0.15, -0.1) is 10.2 Å². The van der Waals surface area contributed by atoms with E-state index >= 15 is 0 Å². The summed E-state index contributed by atoms with van der Waals surface area (Å²) in [5.41, 5.74) is 3.20. The van der Waals surface area contributed by atoms with E-state index in [2.05, 4.69) is 59.6 Å². The quantitative estimate of drug-likeness (QED) is 0.430. The molecule has 0 aliphatic heterocycles. The van der Waals surface area contributed by atoms with Crippen molar-refractivity contribution in [1.29, 1.82) is 5.26 Å². The van der Waals surface area contributed by atoms with Crippen LogP contribution in [0.5, 0.6) is 0 Å². The molecule has 3 aromatic heterocycles. The predicted octanol–water partition coefficient (Wildman–Crippen LogP) is 4.02. The molecule has 0 aliphatic carbocycles. The van der Waals surface area contributed by atoms with Crippen molar-refractivity contribution in [2.45, 2.75) is 58.9 Å². The van der Waals surface area contributed by atoms with Gasteiger partial charge in [-0.25, -0.2) is 9.67 Å². The molecule has 0 fully saturated rings. The van der Waals surface area contributed by atoms with Crippen LogP contribution in [0.2, 0.25) is 0 Å². The van der Waals surface area contributed by atoms with Crippen LogP contribution in [0.3, 0.4) is 0 Å². The Morgan fingerprint density at radius 3 is 2.59 bits per heavy atom. The fourth-order valence-corrected chi connectivity index (χ4v) is 3.60. The molecule has 4 rings (SSSR count). The van der Waals surface area contributed by atoms with Gasteiger partial charge in [-0.1, -0.05) is 39.3 Å². The Balaban J connectivity index is 1.62. The second kappa shape index (κ2) is 9.56. The summed E-state index contributed by atoms with van der Waals surface area (Å²) < 4.78 is 3.87. The van der Waals surface area contributed by atoms with Crippen LogP contribution in [0.15, 0.2) is 36.4 Å². The molecule has 1 N–H and O–H groups in total. The second-order valence-corrected chi connectivity index (χ2v) is 7.91. The van der Waals surface area contributed by atoms with Gasteiger partial charge in [0.2, 0.25) is 5.82 Å². The topological polar surface area (TPSA) is 114 Å². The van der Waals surface area contributed by atoms with Crippen LogP contribution in [0.25, 0.3) is 17.2 Å². The zero-order valence-electron chi connectivity index (χ0n) is 18.7. The molecular weight excluding hydrogens is 402 g/mol. The van der Waals surface area contributed by atoms with Gasteiger partial charge in [0, 0.05) is 18.0 Å². The Labute approximate surface area is 187 Å². The largest absolute Gasteiger partial charge is 0.298 e. The standard InChI is InChI=1S/C23H27N9/c1-4-6-7-21-25-22(16(3)5-2)28-31(21)15-17-8-10-18(11-9-17)32-19(14-24)12-13-20(32)23-26-29-30-27-23/h8-13,16H,4-7,15H2,1-3H3,(H,26,27,29,30). The highest BCUT2D eigenvalue weighted by molar-refractivity contribution is 5.58. The van der Waals surface area contributed by atoms with Gasteiger partial charge in [-0.2, -0.15) is 15.6 Å². The third kappa shape index (κ3) is 4.30. The van der Waals surface area contributed by atoms with Gasteiger partial charge < -0.3 is 0 Å². The minimum atomic E-state index is 0.348. The lowest BCUT2D eigenvalue weighted by Crippen LogP contribution is -2.08. The Hall–Kier alpha value is -3.80. The molecule has 1 atom stereocenters. The molecule has 0 aliphatic rings.